The monoisotopic (exact) mass is 450 g/mol. The first-order valence-electron chi connectivity index (χ1n) is 10.1. The molecule has 0 spiro atoms. The number of nitrogens with one attached hydrogen (secondary N) is 1. The van der Waals surface area contributed by atoms with Crippen LogP contribution in [0.25, 0.3) is 31.4 Å². The summed E-state index contributed by atoms with van der Waals surface area (Å²) in [5.74, 6) is 2.22. The molecule has 0 radical (unpaired) electrons. The molecule has 31 heavy (non-hydrogen) atoms. The van der Waals surface area contributed by atoms with Gasteiger partial charge in [0.05, 0.1) is 5.69 Å². The first-order chi connectivity index (χ1) is 14.9. The first-order valence-corrected chi connectivity index (χ1v) is 11.9. The van der Waals surface area contributed by atoms with Gasteiger partial charge in [-0.05, 0) is 45.9 Å². The highest BCUT2D eigenvalue weighted by atomic mass is 32.1. The summed E-state index contributed by atoms with van der Waals surface area (Å²) >= 11 is 3.45. The van der Waals surface area contributed by atoms with Gasteiger partial charge in [-0.3, -0.25) is 5.10 Å². The van der Waals surface area contributed by atoms with Crippen molar-refractivity contribution in [1.82, 2.24) is 20.2 Å². The van der Waals surface area contributed by atoms with Gasteiger partial charge in [0.25, 0.3) is 0 Å². The van der Waals surface area contributed by atoms with E-state index in [9.17, 15) is 0 Å². The minimum absolute atomic E-state index is 0.444. The Kier molecular flexibility index (Phi) is 5.93. The topological polar surface area (TPSA) is 106 Å². The van der Waals surface area contributed by atoms with Crippen LogP contribution < -0.4 is 11.5 Å². The molecular formula is C23H26N6S2. The molecule has 5 aromatic heterocycles. The number of rotatable bonds is 3. The van der Waals surface area contributed by atoms with E-state index in [4.69, 9.17) is 11.5 Å². The number of pyridine rings is 2. The van der Waals surface area contributed by atoms with Crippen LogP contribution in [0, 0.1) is 0 Å². The van der Waals surface area contributed by atoms with Crippen molar-refractivity contribution >= 4 is 54.5 Å². The molecule has 0 saturated carbocycles. The molecular weight excluding hydrogens is 424 g/mol. The number of thiophene rings is 2. The molecule has 8 heteroatoms. The third-order valence-electron chi connectivity index (χ3n) is 5.23. The maximum Gasteiger partial charge on any atom is 0.132 e. The molecule has 160 valence electrons. The van der Waals surface area contributed by atoms with Gasteiger partial charge in [-0.2, -0.15) is 5.10 Å². The molecule has 0 atom stereocenters. The molecule has 0 saturated heterocycles. The molecule has 0 fully saturated rings. The summed E-state index contributed by atoms with van der Waals surface area (Å²) < 4.78 is 2.41. The highest BCUT2D eigenvalue weighted by Crippen LogP contribution is 2.39. The average molecular weight is 451 g/mol. The highest BCUT2D eigenvalue weighted by Gasteiger charge is 2.16. The molecule has 5 rings (SSSR count). The van der Waals surface area contributed by atoms with Gasteiger partial charge < -0.3 is 11.5 Å². The lowest BCUT2D eigenvalue weighted by Crippen LogP contribution is -1.95. The zero-order valence-corrected chi connectivity index (χ0v) is 19.6. The number of H-pyrrole nitrogens is 1. The minimum atomic E-state index is 0.444. The summed E-state index contributed by atoms with van der Waals surface area (Å²) in [5, 5.41) is 13.5. The number of anilines is 2. The fourth-order valence-corrected chi connectivity index (χ4v) is 5.96. The summed E-state index contributed by atoms with van der Waals surface area (Å²) in [6.07, 6.45) is 5.32. The molecule has 5 aromatic rings. The Morgan fingerprint density at radius 1 is 0.839 bits per heavy atom. The number of fused-ring (bicyclic) bond motifs is 2. The standard InChI is InChI=1S/C13H14N4S.C10H12N2S/c1-7(2)9-6-18-12-8(10-3-4-16-17-10)5-15-13(14)11(9)12;1-6(2)7-5-13-8-3-4-12-10(11)9(7)8/h3-7H,1-2H3,(H2,14,15)(H,16,17);3-6H,1-2H3,(H2,11,12). The van der Waals surface area contributed by atoms with Crippen molar-refractivity contribution in [2.45, 2.75) is 39.5 Å². The van der Waals surface area contributed by atoms with Gasteiger partial charge in [0.2, 0.25) is 0 Å². The number of nitrogens with zero attached hydrogens (tertiary/aromatic N) is 3. The van der Waals surface area contributed by atoms with Crippen molar-refractivity contribution < 1.29 is 0 Å². The predicted molar refractivity (Wildman–Crippen MR) is 134 cm³/mol. The van der Waals surface area contributed by atoms with E-state index in [1.165, 1.54) is 20.5 Å². The van der Waals surface area contributed by atoms with Gasteiger partial charge in [-0.15, -0.1) is 22.7 Å². The zero-order chi connectivity index (χ0) is 22.1. The van der Waals surface area contributed by atoms with Crippen LogP contribution in [-0.4, -0.2) is 20.2 Å². The van der Waals surface area contributed by atoms with E-state index in [1.807, 2.05) is 18.3 Å². The Morgan fingerprint density at radius 3 is 2.19 bits per heavy atom. The second kappa shape index (κ2) is 8.64. The maximum absolute atomic E-state index is 6.03. The first kappa shape index (κ1) is 21.3. The molecule has 6 nitrogen and oxygen atoms in total. The fourth-order valence-electron chi connectivity index (χ4n) is 3.57. The number of nitrogens with two attached hydrogens (primary N) is 2. The van der Waals surface area contributed by atoms with Crippen LogP contribution in [-0.2, 0) is 0 Å². The van der Waals surface area contributed by atoms with Crippen molar-refractivity contribution in [2.24, 2.45) is 0 Å². The molecule has 0 amide bonds. The third kappa shape index (κ3) is 4.00. The molecule has 0 aromatic carbocycles. The van der Waals surface area contributed by atoms with Crippen LogP contribution in [0.15, 0.2) is 41.5 Å². The Hall–Kier alpha value is -2.97. The maximum atomic E-state index is 6.03. The molecule has 0 aliphatic heterocycles. The van der Waals surface area contributed by atoms with Gasteiger partial charge in [0, 0.05) is 44.3 Å². The SMILES string of the molecule is CC(C)c1csc2c(-c3ccn[nH]3)cnc(N)c12.CC(C)c1csc2ccnc(N)c12. The van der Waals surface area contributed by atoms with Crippen LogP contribution >= 0.6 is 22.7 Å². The Bertz CT molecular complexity index is 1320. The van der Waals surface area contributed by atoms with E-state index in [2.05, 4.69) is 58.6 Å². The number of hydrogen-bond acceptors (Lipinski definition) is 7. The Labute approximate surface area is 189 Å². The lowest BCUT2D eigenvalue weighted by atomic mass is 10.0. The normalized spacial score (nSPS) is 11.4. The van der Waals surface area contributed by atoms with Crippen molar-refractivity contribution in [2.75, 3.05) is 11.5 Å². The fraction of sp³-hybridized carbons (Fsp3) is 0.261. The summed E-state index contributed by atoms with van der Waals surface area (Å²) in [6.45, 7) is 8.69. The van der Waals surface area contributed by atoms with Crippen molar-refractivity contribution in [1.29, 1.82) is 0 Å². The lowest BCUT2D eigenvalue weighted by Gasteiger charge is -2.06. The number of hydrogen-bond donors (Lipinski definition) is 3. The van der Waals surface area contributed by atoms with Crippen molar-refractivity contribution in [3.8, 4) is 11.3 Å². The van der Waals surface area contributed by atoms with Gasteiger partial charge in [-0.25, -0.2) is 9.97 Å². The Balaban J connectivity index is 0.000000158. The summed E-state index contributed by atoms with van der Waals surface area (Å²) in [4.78, 5) is 8.42. The van der Waals surface area contributed by atoms with Crippen LogP contribution in [0.1, 0.15) is 50.7 Å². The van der Waals surface area contributed by atoms with Crippen LogP contribution in [0.3, 0.4) is 0 Å². The molecule has 0 unspecified atom stereocenters. The van der Waals surface area contributed by atoms with Crippen molar-refractivity contribution in [3.05, 3.63) is 52.6 Å². The zero-order valence-electron chi connectivity index (χ0n) is 18.0. The Morgan fingerprint density at radius 2 is 1.52 bits per heavy atom. The highest BCUT2D eigenvalue weighted by molar-refractivity contribution is 7.18. The smallest absolute Gasteiger partial charge is 0.132 e. The van der Waals surface area contributed by atoms with E-state index >= 15 is 0 Å². The summed E-state index contributed by atoms with van der Waals surface area (Å²) in [7, 11) is 0. The van der Waals surface area contributed by atoms with E-state index < -0.39 is 0 Å². The minimum Gasteiger partial charge on any atom is -0.383 e. The van der Waals surface area contributed by atoms with Crippen LogP contribution in [0.5, 0.6) is 0 Å². The second-order valence-corrected chi connectivity index (χ2v) is 9.78. The van der Waals surface area contributed by atoms with Crippen LogP contribution in [0.4, 0.5) is 11.6 Å². The van der Waals surface area contributed by atoms with Crippen molar-refractivity contribution in [3.63, 3.8) is 0 Å². The van der Waals surface area contributed by atoms with Gasteiger partial charge in [0.1, 0.15) is 11.6 Å². The third-order valence-corrected chi connectivity index (χ3v) is 7.23. The molecule has 0 aliphatic carbocycles. The molecule has 0 aliphatic rings. The summed E-state index contributed by atoms with van der Waals surface area (Å²) in [6, 6.07) is 3.96. The number of aromatic nitrogens is 4. The number of aromatic amines is 1. The van der Waals surface area contributed by atoms with Crippen LogP contribution in [0.2, 0.25) is 0 Å². The van der Waals surface area contributed by atoms with Gasteiger partial charge >= 0.3 is 0 Å². The van der Waals surface area contributed by atoms with Gasteiger partial charge in [-0.1, -0.05) is 27.7 Å². The second-order valence-electron chi connectivity index (χ2n) is 7.99. The van der Waals surface area contributed by atoms with E-state index in [0.29, 0.717) is 23.5 Å². The predicted octanol–water partition coefficient (Wildman–Crippen LogP) is 6.39. The van der Waals surface area contributed by atoms with Gasteiger partial charge in [0.15, 0.2) is 0 Å². The quantitative estimate of drug-likeness (QED) is 0.295. The van der Waals surface area contributed by atoms with E-state index in [1.54, 1.807) is 35.1 Å². The lowest BCUT2D eigenvalue weighted by molar-refractivity contribution is 0.880. The average Bonchev–Trinajstić information content (AvgIpc) is 3.48. The summed E-state index contributed by atoms with van der Waals surface area (Å²) in [5.41, 5.74) is 16.5. The van der Waals surface area contributed by atoms with E-state index in [0.717, 1.165) is 22.0 Å². The molecule has 5 heterocycles. The van der Waals surface area contributed by atoms with E-state index in [-0.39, 0.29) is 0 Å². The molecule has 5 N–H and O–H groups in total. The largest absolute Gasteiger partial charge is 0.383 e. The molecule has 0 bridgehead atoms. The number of nitrogen functional groups attached to an aromatic ring is 2.